The number of carbonyl (C=O) groups is 1. The van der Waals surface area contributed by atoms with E-state index in [2.05, 4.69) is 5.32 Å². The highest BCUT2D eigenvalue weighted by Crippen LogP contribution is 2.24. The van der Waals surface area contributed by atoms with E-state index in [0.29, 0.717) is 23.3 Å². The molecule has 0 aliphatic carbocycles. The molecule has 0 atom stereocenters. The van der Waals surface area contributed by atoms with Crippen LogP contribution in [0.4, 0.5) is 11.4 Å². The van der Waals surface area contributed by atoms with Crippen molar-refractivity contribution in [1.29, 1.82) is 0 Å². The molecular formula is C20H24N4O4S. The summed E-state index contributed by atoms with van der Waals surface area (Å²) in [5, 5.41) is 2.73. The Morgan fingerprint density at radius 2 is 1.72 bits per heavy atom. The van der Waals surface area contributed by atoms with E-state index in [-0.39, 0.29) is 12.2 Å². The molecule has 1 amide bonds. The number of aromatic nitrogens is 2. The Morgan fingerprint density at radius 3 is 2.38 bits per heavy atom. The number of anilines is 2. The number of sulfonamides is 1. The van der Waals surface area contributed by atoms with Crippen LogP contribution in [0.2, 0.25) is 0 Å². The van der Waals surface area contributed by atoms with Crippen molar-refractivity contribution in [1.82, 2.24) is 9.13 Å². The lowest BCUT2D eigenvalue weighted by atomic mass is 10.1. The van der Waals surface area contributed by atoms with Gasteiger partial charge in [-0.3, -0.25) is 18.2 Å². The zero-order chi connectivity index (χ0) is 21.3. The van der Waals surface area contributed by atoms with E-state index in [1.54, 1.807) is 44.4 Å². The minimum Gasteiger partial charge on any atom is -0.324 e. The number of fused-ring (bicyclic) bond motifs is 1. The van der Waals surface area contributed by atoms with Crippen LogP contribution in [0.5, 0.6) is 0 Å². The van der Waals surface area contributed by atoms with Crippen LogP contribution in [0.1, 0.15) is 12.5 Å². The number of carbonyl (C=O) groups excluding carboxylic acids is 1. The molecule has 9 heteroatoms. The standard InChI is InChI=1S/C20H24N4O4S/c1-5-14-8-6-7-9-16(14)24(29(4,27)28)13-19(25)21-15-10-11-17-18(12-15)23(3)20(26)22(17)2/h6-12H,5,13H2,1-4H3,(H,21,25). The Bertz CT molecular complexity index is 1240. The van der Waals surface area contributed by atoms with Gasteiger partial charge in [-0.1, -0.05) is 25.1 Å². The van der Waals surface area contributed by atoms with E-state index in [0.717, 1.165) is 21.6 Å². The van der Waals surface area contributed by atoms with Crippen LogP contribution in [0.25, 0.3) is 11.0 Å². The molecule has 8 nitrogen and oxygen atoms in total. The molecule has 1 N–H and O–H groups in total. The highest BCUT2D eigenvalue weighted by molar-refractivity contribution is 7.92. The molecule has 0 aliphatic heterocycles. The average molecular weight is 417 g/mol. The van der Waals surface area contributed by atoms with Crippen molar-refractivity contribution >= 4 is 38.3 Å². The lowest BCUT2D eigenvalue weighted by Gasteiger charge is -2.24. The number of nitrogens with zero attached hydrogens (tertiary/aromatic N) is 3. The fraction of sp³-hybridized carbons (Fsp3) is 0.300. The Kier molecular flexibility index (Phi) is 5.52. The van der Waals surface area contributed by atoms with Crippen molar-refractivity contribution in [3.05, 3.63) is 58.5 Å². The summed E-state index contributed by atoms with van der Waals surface area (Å²) in [4.78, 5) is 24.7. The van der Waals surface area contributed by atoms with Crippen molar-refractivity contribution in [3.63, 3.8) is 0 Å². The van der Waals surface area contributed by atoms with Gasteiger partial charge in [0.05, 0.1) is 23.0 Å². The smallest absolute Gasteiger partial charge is 0.324 e. The molecule has 2 aromatic carbocycles. The molecule has 0 aliphatic rings. The fourth-order valence-electron chi connectivity index (χ4n) is 3.35. The van der Waals surface area contributed by atoms with Crippen LogP contribution >= 0.6 is 0 Å². The van der Waals surface area contributed by atoms with Gasteiger partial charge in [-0.25, -0.2) is 13.2 Å². The van der Waals surface area contributed by atoms with Crippen molar-refractivity contribution in [2.45, 2.75) is 13.3 Å². The predicted molar refractivity (Wildman–Crippen MR) is 115 cm³/mol. The maximum absolute atomic E-state index is 12.6. The van der Waals surface area contributed by atoms with Crippen molar-refractivity contribution < 1.29 is 13.2 Å². The second-order valence-corrected chi connectivity index (χ2v) is 8.81. The van der Waals surface area contributed by atoms with Gasteiger partial charge < -0.3 is 5.32 Å². The summed E-state index contributed by atoms with van der Waals surface area (Å²) in [5.74, 6) is -0.471. The summed E-state index contributed by atoms with van der Waals surface area (Å²) in [5.41, 5.74) is 3.07. The molecule has 0 spiro atoms. The summed E-state index contributed by atoms with van der Waals surface area (Å²) in [6.07, 6.45) is 1.72. The molecule has 1 heterocycles. The molecule has 0 bridgehead atoms. The molecule has 0 radical (unpaired) electrons. The molecule has 1 aromatic heterocycles. The number of benzene rings is 2. The number of hydrogen-bond acceptors (Lipinski definition) is 4. The monoisotopic (exact) mass is 416 g/mol. The van der Waals surface area contributed by atoms with E-state index >= 15 is 0 Å². The second kappa shape index (κ2) is 7.75. The van der Waals surface area contributed by atoms with Crippen LogP contribution in [0.3, 0.4) is 0 Å². The molecule has 0 saturated carbocycles. The first-order valence-corrected chi connectivity index (χ1v) is 11.0. The molecule has 0 fully saturated rings. The van der Waals surface area contributed by atoms with Gasteiger partial charge in [0.2, 0.25) is 15.9 Å². The van der Waals surface area contributed by atoms with Crippen LogP contribution < -0.4 is 15.3 Å². The number of amides is 1. The van der Waals surface area contributed by atoms with Gasteiger partial charge >= 0.3 is 5.69 Å². The van der Waals surface area contributed by atoms with Gasteiger partial charge in [-0.2, -0.15) is 0 Å². The summed E-state index contributed by atoms with van der Waals surface area (Å²) in [6.45, 7) is 1.58. The van der Waals surface area contributed by atoms with E-state index in [1.165, 1.54) is 9.13 Å². The summed E-state index contributed by atoms with van der Waals surface area (Å²) >= 11 is 0. The van der Waals surface area contributed by atoms with Crippen LogP contribution in [-0.2, 0) is 35.3 Å². The van der Waals surface area contributed by atoms with Gasteiger partial charge in [0, 0.05) is 19.8 Å². The number of nitrogens with one attached hydrogen (secondary N) is 1. The lowest BCUT2D eigenvalue weighted by molar-refractivity contribution is -0.114. The van der Waals surface area contributed by atoms with Gasteiger partial charge in [-0.15, -0.1) is 0 Å². The highest BCUT2D eigenvalue weighted by Gasteiger charge is 2.23. The SMILES string of the molecule is CCc1ccccc1N(CC(=O)Nc1ccc2c(c1)n(C)c(=O)n2C)S(C)(=O)=O. The molecule has 3 aromatic rings. The van der Waals surface area contributed by atoms with Crippen LogP contribution in [0.15, 0.2) is 47.3 Å². The Hall–Kier alpha value is -3.07. The fourth-order valence-corrected chi connectivity index (χ4v) is 4.24. The van der Waals surface area contributed by atoms with Crippen LogP contribution in [-0.4, -0.2) is 36.3 Å². The highest BCUT2D eigenvalue weighted by atomic mass is 32.2. The van der Waals surface area contributed by atoms with E-state index in [4.69, 9.17) is 0 Å². The number of hydrogen-bond donors (Lipinski definition) is 1. The largest absolute Gasteiger partial charge is 0.328 e. The number of rotatable bonds is 6. The topological polar surface area (TPSA) is 93.4 Å². The van der Waals surface area contributed by atoms with E-state index < -0.39 is 15.9 Å². The molecular weight excluding hydrogens is 392 g/mol. The number of imidazole rings is 1. The Morgan fingerprint density at radius 1 is 1.07 bits per heavy atom. The van der Waals surface area contributed by atoms with E-state index in [9.17, 15) is 18.0 Å². The molecule has 29 heavy (non-hydrogen) atoms. The minimum atomic E-state index is -3.66. The maximum atomic E-state index is 12.6. The Labute approximate surface area is 169 Å². The molecule has 154 valence electrons. The van der Waals surface area contributed by atoms with Crippen molar-refractivity contribution in [2.75, 3.05) is 22.4 Å². The summed E-state index contributed by atoms with van der Waals surface area (Å²) in [7, 11) is -0.323. The van der Waals surface area contributed by atoms with Crippen molar-refractivity contribution in [3.8, 4) is 0 Å². The zero-order valence-corrected chi connectivity index (χ0v) is 17.7. The number of para-hydroxylation sites is 1. The van der Waals surface area contributed by atoms with Crippen LogP contribution in [0, 0.1) is 0 Å². The normalized spacial score (nSPS) is 11.6. The zero-order valence-electron chi connectivity index (χ0n) is 16.8. The third-order valence-corrected chi connectivity index (χ3v) is 6.01. The molecule has 0 saturated heterocycles. The van der Waals surface area contributed by atoms with Gasteiger partial charge in [0.25, 0.3) is 0 Å². The first-order chi connectivity index (χ1) is 13.6. The lowest BCUT2D eigenvalue weighted by Crippen LogP contribution is -2.38. The summed E-state index contributed by atoms with van der Waals surface area (Å²) < 4.78 is 28.8. The predicted octanol–water partition coefficient (Wildman–Crippen LogP) is 1.84. The average Bonchev–Trinajstić information content (AvgIpc) is 2.89. The van der Waals surface area contributed by atoms with Gasteiger partial charge in [0.1, 0.15) is 6.54 Å². The minimum absolute atomic E-state index is 0.164. The first kappa shape index (κ1) is 20.7. The third-order valence-electron chi connectivity index (χ3n) is 4.88. The third kappa shape index (κ3) is 4.04. The second-order valence-electron chi connectivity index (χ2n) is 6.90. The quantitative estimate of drug-likeness (QED) is 0.664. The molecule has 3 rings (SSSR count). The maximum Gasteiger partial charge on any atom is 0.328 e. The van der Waals surface area contributed by atoms with E-state index in [1.807, 2.05) is 19.1 Å². The van der Waals surface area contributed by atoms with Gasteiger partial charge in [-0.05, 0) is 36.2 Å². The Balaban J connectivity index is 1.89. The molecule has 0 unspecified atom stereocenters. The first-order valence-electron chi connectivity index (χ1n) is 9.14. The number of aryl methyl sites for hydroxylation is 3. The van der Waals surface area contributed by atoms with Gasteiger partial charge in [0.15, 0.2) is 0 Å². The van der Waals surface area contributed by atoms with Crippen molar-refractivity contribution in [2.24, 2.45) is 14.1 Å². The summed E-state index contributed by atoms with van der Waals surface area (Å²) in [6, 6.07) is 12.2.